The first-order valence-corrected chi connectivity index (χ1v) is 5.32. The summed E-state index contributed by atoms with van der Waals surface area (Å²) in [4.78, 5) is 15.3. The molecule has 3 rings (SSSR count). The van der Waals surface area contributed by atoms with Gasteiger partial charge in [0.1, 0.15) is 0 Å². The van der Waals surface area contributed by atoms with Crippen molar-refractivity contribution in [2.75, 3.05) is 5.73 Å². The first-order chi connectivity index (χ1) is 8.24. The molecule has 0 aliphatic carbocycles. The molecule has 82 valence electrons. The van der Waals surface area contributed by atoms with Crippen LogP contribution in [0.5, 0.6) is 0 Å². The molecule has 1 aliphatic heterocycles. The van der Waals surface area contributed by atoms with E-state index in [4.69, 9.17) is 5.73 Å². The monoisotopic (exact) mass is 222 g/mol. The number of rotatable bonds is 1. The Balaban J connectivity index is 2.09. The lowest BCUT2D eigenvalue weighted by atomic mass is 10.00. The quantitative estimate of drug-likeness (QED) is 0.754. The number of nitrogen functional groups attached to an aromatic ring is 1. The second-order valence-corrected chi connectivity index (χ2v) is 3.99. The second kappa shape index (κ2) is 3.56. The summed E-state index contributed by atoms with van der Waals surface area (Å²) in [6.07, 6.45) is 1.60. The topological polar surface area (TPSA) is 55.5 Å². The number of carbonyl (C=O) groups excluding carboxylic acids is 1. The highest BCUT2D eigenvalue weighted by molar-refractivity contribution is 6.13. The number of carbonyl (C=O) groups is 1. The number of benzene rings is 2. The molecule has 0 fully saturated rings. The van der Waals surface area contributed by atoms with Crippen LogP contribution in [-0.4, -0.2) is 12.1 Å². The zero-order valence-electron chi connectivity index (χ0n) is 9.05. The number of anilines is 1. The predicted octanol–water partition coefficient (Wildman–Crippen LogP) is 2.51. The van der Waals surface area contributed by atoms with E-state index in [0.717, 1.165) is 22.4 Å². The van der Waals surface area contributed by atoms with Gasteiger partial charge >= 0.3 is 0 Å². The van der Waals surface area contributed by atoms with Crippen LogP contribution in [0.2, 0.25) is 0 Å². The SMILES string of the molecule is Nc1ccc(-c2ccc3c(c2)C(=O)N=C3)cc1. The molecule has 0 spiro atoms. The Kier molecular flexibility index (Phi) is 2.05. The summed E-state index contributed by atoms with van der Waals surface area (Å²) in [5, 5.41) is 0. The van der Waals surface area contributed by atoms with Gasteiger partial charge in [0.2, 0.25) is 0 Å². The summed E-state index contributed by atoms with van der Waals surface area (Å²) in [5.41, 5.74) is 9.97. The molecule has 2 aromatic rings. The molecule has 3 heteroatoms. The fourth-order valence-electron chi connectivity index (χ4n) is 1.91. The Hall–Kier alpha value is -2.42. The average molecular weight is 222 g/mol. The lowest BCUT2D eigenvalue weighted by Crippen LogP contribution is -1.92. The van der Waals surface area contributed by atoms with Crippen LogP contribution in [0.1, 0.15) is 15.9 Å². The normalized spacial score (nSPS) is 12.8. The maximum absolute atomic E-state index is 11.5. The molecule has 0 bridgehead atoms. The number of nitrogens with zero attached hydrogens (tertiary/aromatic N) is 1. The average Bonchev–Trinajstić information content (AvgIpc) is 2.72. The van der Waals surface area contributed by atoms with Crippen molar-refractivity contribution in [2.45, 2.75) is 0 Å². The van der Waals surface area contributed by atoms with Gasteiger partial charge in [-0.15, -0.1) is 0 Å². The summed E-state index contributed by atoms with van der Waals surface area (Å²) < 4.78 is 0. The standard InChI is InChI=1S/C14H10N2O/c15-12-5-3-9(4-6-12)10-1-2-11-8-16-14(17)13(11)7-10/h1-8H,15H2. The zero-order valence-corrected chi connectivity index (χ0v) is 9.05. The third-order valence-corrected chi connectivity index (χ3v) is 2.85. The van der Waals surface area contributed by atoms with Crippen molar-refractivity contribution < 1.29 is 4.79 Å². The minimum Gasteiger partial charge on any atom is -0.399 e. The van der Waals surface area contributed by atoms with Crippen LogP contribution >= 0.6 is 0 Å². The molecule has 0 saturated heterocycles. The number of nitrogens with two attached hydrogens (primary N) is 1. The summed E-state index contributed by atoms with van der Waals surface area (Å²) in [6.45, 7) is 0. The Morgan fingerprint density at radius 1 is 0.941 bits per heavy atom. The van der Waals surface area contributed by atoms with Gasteiger partial charge in [0.05, 0.1) is 5.56 Å². The molecule has 0 atom stereocenters. The number of aliphatic imine (C=N–C) groups is 1. The van der Waals surface area contributed by atoms with Crippen LogP contribution in [-0.2, 0) is 0 Å². The molecule has 3 nitrogen and oxygen atoms in total. The van der Waals surface area contributed by atoms with Crippen molar-refractivity contribution >= 4 is 17.8 Å². The fourth-order valence-corrected chi connectivity index (χ4v) is 1.91. The molecule has 1 heterocycles. The van der Waals surface area contributed by atoms with Crippen molar-refractivity contribution in [1.82, 2.24) is 0 Å². The molecule has 17 heavy (non-hydrogen) atoms. The first-order valence-electron chi connectivity index (χ1n) is 5.32. The van der Waals surface area contributed by atoms with Crippen LogP contribution in [0.3, 0.4) is 0 Å². The molecular formula is C14H10N2O. The Bertz CT molecular complexity index is 627. The van der Waals surface area contributed by atoms with Gasteiger partial charge < -0.3 is 5.73 Å². The molecule has 0 unspecified atom stereocenters. The highest BCUT2D eigenvalue weighted by atomic mass is 16.1. The minimum atomic E-state index is -0.169. The fraction of sp³-hybridized carbons (Fsp3) is 0. The van der Waals surface area contributed by atoms with Crippen LogP contribution in [0.25, 0.3) is 11.1 Å². The highest BCUT2D eigenvalue weighted by Gasteiger charge is 2.15. The van der Waals surface area contributed by atoms with E-state index in [9.17, 15) is 4.79 Å². The molecule has 1 amide bonds. The Labute approximate surface area is 98.6 Å². The molecule has 2 N–H and O–H groups in total. The zero-order chi connectivity index (χ0) is 11.8. The van der Waals surface area contributed by atoms with E-state index in [0.29, 0.717) is 5.56 Å². The van der Waals surface area contributed by atoms with E-state index in [2.05, 4.69) is 4.99 Å². The van der Waals surface area contributed by atoms with Gasteiger partial charge in [0, 0.05) is 17.5 Å². The number of fused-ring (bicyclic) bond motifs is 1. The van der Waals surface area contributed by atoms with Crippen molar-refractivity contribution in [2.24, 2.45) is 4.99 Å². The summed E-state index contributed by atoms with van der Waals surface area (Å²) >= 11 is 0. The third-order valence-electron chi connectivity index (χ3n) is 2.85. The van der Waals surface area contributed by atoms with E-state index < -0.39 is 0 Å². The summed E-state index contributed by atoms with van der Waals surface area (Å²) in [5.74, 6) is -0.169. The molecule has 1 aliphatic rings. The van der Waals surface area contributed by atoms with Crippen molar-refractivity contribution in [3.05, 3.63) is 53.6 Å². The molecular weight excluding hydrogens is 212 g/mol. The summed E-state index contributed by atoms with van der Waals surface area (Å²) in [6, 6.07) is 13.3. The van der Waals surface area contributed by atoms with E-state index in [1.165, 1.54) is 0 Å². The number of amides is 1. The lowest BCUT2D eigenvalue weighted by Gasteiger charge is -2.04. The predicted molar refractivity (Wildman–Crippen MR) is 68.2 cm³/mol. The van der Waals surface area contributed by atoms with Gasteiger partial charge in [0.25, 0.3) is 5.91 Å². The Morgan fingerprint density at radius 3 is 2.41 bits per heavy atom. The van der Waals surface area contributed by atoms with Crippen LogP contribution < -0.4 is 5.73 Å². The van der Waals surface area contributed by atoms with Gasteiger partial charge in [-0.1, -0.05) is 24.3 Å². The molecule has 0 saturated carbocycles. The maximum Gasteiger partial charge on any atom is 0.277 e. The highest BCUT2D eigenvalue weighted by Crippen LogP contribution is 2.25. The van der Waals surface area contributed by atoms with Gasteiger partial charge in [-0.2, -0.15) is 0 Å². The molecule has 0 radical (unpaired) electrons. The summed E-state index contributed by atoms with van der Waals surface area (Å²) in [7, 11) is 0. The largest absolute Gasteiger partial charge is 0.399 e. The van der Waals surface area contributed by atoms with E-state index >= 15 is 0 Å². The lowest BCUT2D eigenvalue weighted by molar-refractivity contribution is 0.101. The van der Waals surface area contributed by atoms with Crippen LogP contribution in [0.15, 0.2) is 47.5 Å². The molecule has 2 aromatic carbocycles. The second-order valence-electron chi connectivity index (χ2n) is 3.99. The van der Waals surface area contributed by atoms with E-state index in [-0.39, 0.29) is 5.91 Å². The third kappa shape index (κ3) is 1.61. The number of hydrogen-bond acceptors (Lipinski definition) is 2. The van der Waals surface area contributed by atoms with Gasteiger partial charge in [-0.25, -0.2) is 4.99 Å². The van der Waals surface area contributed by atoms with Crippen molar-refractivity contribution in [3.63, 3.8) is 0 Å². The first kappa shape index (κ1) is 9.78. The van der Waals surface area contributed by atoms with Gasteiger partial charge in [-0.05, 0) is 29.3 Å². The van der Waals surface area contributed by atoms with Gasteiger partial charge in [-0.3, -0.25) is 4.79 Å². The molecule has 0 aromatic heterocycles. The van der Waals surface area contributed by atoms with Gasteiger partial charge in [0.15, 0.2) is 0 Å². The Morgan fingerprint density at radius 2 is 1.65 bits per heavy atom. The van der Waals surface area contributed by atoms with Crippen LogP contribution in [0, 0.1) is 0 Å². The number of hydrogen-bond donors (Lipinski definition) is 1. The smallest absolute Gasteiger partial charge is 0.277 e. The minimum absolute atomic E-state index is 0.169. The van der Waals surface area contributed by atoms with E-state index in [1.54, 1.807) is 6.21 Å². The van der Waals surface area contributed by atoms with Crippen molar-refractivity contribution in [1.29, 1.82) is 0 Å². The van der Waals surface area contributed by atoms with Crippen LogP contribution in [0.4, 0.5) is 5.69 Å². The van der Waals surface area contributed by atoms with Crippen molar-refractivity contribution in [3.8, 4) is 11.1 Å². The van der Waals surface area contributed by atoms with E-state index in [1.807, 2.05) is 42.5 Å². The maximum atomic E-state index is 11.5.